The van der Waals surface area contributed by atoms with E-state index < -0.39 is 0 Å². The van der Waals surface area contributed by atoms with Crippen molar-refractivity contribution in [2.24, 2.45) is 9.98 Å². The van der Waals surface area contributed by atoms with Gasteiger partial charge in [0.25, 0.3) is 0 Å². The summed E-state index contributed by atoms with van der Waals surface area (Å²) in [6.07, 6.45) is 1.50. The van der Waals surface area contributed by atoms with Crippen LogP contribution in [0, 0.1) is 20.8 Å². The Labute approximate surface area is 271 Å². The summed E-state index contributed by atoms with van der Waals surface area (Å²) in [5.74, 6) is 0.856. The molecule has 4 heteroatoms. The molecule has 5 aromatic carbocycles. The molecule has 46 heavy (non-hydrogen) atoms. The molecule has 0 amide bonds. The van der Waals surface area contributed by atoms with E-state index in [1.165, 1.54) is 66.4 Å². The topological polar surface area (TPSA) is 41.7 Å². The fourth-order valence-electron chi connectivity index (χ4n) is 7.84. The molecule has 0 fully saturated rings. The molecule has 1 atom stereocenters. The number of fused-ring (bicyclic) bond motifs is 1. The Hall–Kier alpha value is -4.96. The normalized spacial score (nSPS) is 17.8. The molecule has 0 saturated carbocycles. The lowest BCUT2D eigenvalue weighted by Gasteiger charge is -2.42. The predicted molar refractivity (Wildman–Crippen MR) is 193 cm³/mol. The van der Waals surface area contributed by atoms with Gasteiger partial charge in [0, 0.05) is 27.2 Å². The van der Waals surface area contributed by atoms with Crippen LogP contribution in [-0.2, 0) is 10.8 Å². The maximum absolute atomic E-state index is 5.08. The van der Waals surface area contributed by atoms with Crippen molar-refractivity contribution >= 4 is 34.0 Å². The van der Waals surface area contributed by atoms with Crippen molar-refractivity contribution in [3.63, 3.8) is 0 Å². The number of amidine groups is 1. The highest BCUT2D eigenvalue weighted by Gasteiger charge is 2.44. The third kappa shape index (κ3) is 4.12. The molecular weight excluding hydrogens is 560 g/mol. The zero-order valence-corrected chi connectivity index (χ0v) is 27.7. The fraction of sp³-hybridized carbons (Fsp3) is 0.238. The number of hydrogen-bond donors (Lipinski definition) is 1. The highest BCUT2D eigenvalue weighted by Crippen LogP contribution is 2.56. The van der Waals surface area contributed by atoms with Crippen LogP contribution in [0.5, 0.6) is 0 Å². The Balaban J connectivity index is 0.000000398. The average Bonchev–Trinajstić information content (AvgIpc) is 3.37. The quantitative estimate of drug-likeness (QED) is 0.211. The Morgan fingerprint density at radius 3 is 1.76 bits per heavy atom. The van der Waals surface area contributed by atoms with E-state index in [0.717, 1.165) is 17.0 Å². The first kappa shape index (κ1) is 28.5. The molecule has 0 radical (unpaired) electrons. The van der Waals surface area contributed by atoms with E-state index in [0.29, 0.717) is 0 Å². The highest BCUT2D eigenvalue weighted by atomic mass is 15.2. The lowest BCUT2D eigenvalue weighted by atomic mass is 9.68. The van der Waals surface area contributed by atoms with Crippen LogP contribution < -0.4 is 5.32 Å². The van der Waals surface area contributed by atoms with Gasteiger partial charge in [-0.05, 0) is 66.8 Å². The second-order valence-corrected chi connectivity index (χ2v) is 14.3. The van der Waals surface area contributed by atoms with Gasteiger partial charge in [0.2, 0.25) is 0 Å². The monoisotopic (exact) mass is 600 g/mol. The summed E-state index contributed by atoms with van der Waals surface area (Å²) in [4.78, 5) is 9.89. The van der Waals surface area contributed by atoms with Gasteiger partial charge < -0.3 is 9.88 Å². The van der Waals surface area contributed by atoms with Crippen LogP contribution in [-0.4, -0.2) is 16.7 Å². The van der Waals surface area contributed by atoms with Crippen molar-refractivity contribution in [2.75, 3.05) is 0 Å². The third-order valence-corrected chi connectivity index (χ3v) is 10.2. The maximum atomic E-state index is 5.08. The van der Waals surface area contributed by atoms with Crippen LogP contribution >= 0.6 is 0 Å². The molecule has 228 valence electrons. The van der Waals surface area contributed by atoms with E-state index in [-0.39, 0.29) is 17.0 Å². The first-order valence-electron chi connectivity index (χ1n) is 16.3. The lowest BCUT2D eigenvalue weighted by molar-refractivity contribution is 0.591. The van der Waals surface area contributed by atoms with Gasteiger partial charge in [0.1, 0.15) is 5.84 Å². The molecule has 6 aromatic rings. The van der Waals surface area contributed by atoms with Gasteiger partial charge in [-0.25, -0.2) is 9.98 Å². The molecule has 0 aliphatic carbocycles. The second kappa shape index (κ2) is 10.0. The number of hydrogen-bond acceptors (Lipinski definition) is 3. The summed E-state index contributed by atoms with van der Waals surface area (Å²) < 4.78 is 2.59. The summed E-state index contributed by atoms with van der Waals surface area (Å²) in [6, 6.07) is 34.9. The summed E-state index contributed by atoms with van der Waals surface area (Å²) in [5, 5.41) is 5.90. The summed E-state index contributed by atoms with van der Waals surface area (Å²) in [5.41, 5.74) is 15.6. The Morgan fingerprint density at radius 1 is 0.609 bits per heavy atom. The van der Waals surface area contributed by atoms with Crippen LogP contribution in [0.2, 0.25) is 0 Å². The van der Waals surface area contributed by atoms with Gasteiger partial charge >= 0.3 is 0 Å². The van der Waals surface area contributed by atoms with Gasteiger partial charge in [0.15, 0.2) is 6.17 Å². The van der Waals surface area contributed by atoms with E-state index in [1.807, 2.05) is 36.4 Å². The Morgan fingerprint density at radius 2 is 1.15 bits per heavy atom. The predicted octanol–water partition coefficient (Wildman–Crippen LogP) is 9.75. The zero-order valence-electron chi connectivity index (χ0n) is 27.7. The number of nitrogens with zero attached hydrogens (tertiary/aromatic N) is 3. The van der Waals surface area contributed by atoms with Gasteiger partial charge in [0.05, 0.1) is 23.1 Å². The largest absolute Gasteiger partial charge is 0.331 e. The first-order chi connectivity index (χ1) is 22.1. The number of aromatic nitrogens is 1. The van der Waals surface area contributed by atoms with E-state index in [9.17, 15) is 0 Å². The molecule has 0 saturated heterocycles. The van der Waals surface area contributed by atoms with Crippen molar-refractivity contribution in [2.45, 2.75) is 65.5 Å². The van der Waals surface area contributed by atoms with Crippen LogP contribution in [0.15, 0.2) is 107 Å². The molecule has 1 aromatic heterocycles. The molecule has 1 unspecified atom stereocenters. The van der Waals surface area contributed by atoms with Crippen molar-refractivity contribution in [3.8, 4) is 5.69 Å². The van der Waals surface area contributed by atoms with Gasteiger partial charge in [-0.3, -0.25) is 0 Å². The molecule has 4 nitrogen and oxygen atoms in total. The van der Waals surface area contributed by atoms with Gasteiger partial charge in [-0.15, -0.1) is 0 Å². The molecule has 0 bridgehead atoms. The van der Waals surface area contributed by atoms with Gasteiger partial charge in [-0.1, -0.05) is 123 Å². The molecule has 3 aliphatic heterocycles. The van der Waals surface area contributed by atoms with Gasteiger partial charge in [-0.2, -0.15) is 0 Å². The molecule has 1 N–H and O–H groups in total. The average molecular weight is 601 g/mol. The van der Waals surface area contributed by atoms with Crippen molar-refractivity contribution in [3.05, 3.63) is 147 Å². The fourth-order valence-corrected chi connectivity index (χ4v) is 7.84. The Kier molecular flexibility index (Phi) is 6.21. The third-order valence-electron chi connectivity index (χ3n) is 10.2. The minimum Gasteiger partial charge on any atom is -0.331 e. The highest BCUT2D eigenvalue weighted by molar-refractivity contribution is 6.14. The Bertz CT molecular complexity index is 2250. The second-order valence-electron chi connectivity index (χ2n) is 14.3. The van der Waals surface area contributed by atoms with E-state index in [2.05, 4.69) is 119 Å². The minimum absolute atomic E-state index is 0.0879. The first-order valence-corrected chi connectivity index (χ1v) is 16.3. The van der Waals surface area contributed by atoms with E-state index in [1.54, 1.807) is 6.34 Å². The molecule has 9 rings (SSSR count). The maximum Gasteiger partial charge on any atom is 0.169 e. The van der Waals surface area contributed by atoms with Crippen LogP contribution in [0.1, 0.15) is 83.9 Å². The van der Waals surface area contributed by atoms with Crippen molar-refractivity contribution < 1.29 is 0 Å². The summed E-state index contributed by atoms with van der Waals surface area (Å²) >= 11 is 0. The van der Waals surface area contributed by atoms with Crippen molar-refractivity contribution in [1.29, 1.82) is 0 Å². The number of rotatable bonds is 2. The SMILES string of the molecule is Cc1cc2c3c(c1)C(C)(C)c1cc(C4N=CNC(c5ccccc5)=N4)cc4c5cc(C)cc(c5n-3c14)C2(C)C.Cc1ccccc1. The van der Waals surface area contributed by atoms with E-state index >= 15 is 0 Å². The van der Waals surface area contributed by atoms with E-state index in [4.69, 9.17) is 9.98 Å². The standard InChI is InChI=1S/C35H32N4.C7H8/c1-19-12-23-24-16-22(33-37-18-36-32(38-33)21-10-8-7-9-11-21)17-28-30(24)39-29(23)25(13-19)34(3,4)26-14-20(2)15-27(31(26)39)35(28,5)6;1-7-5-3-2-4-6-7/h7-18,33H,1-6H3,(H,36,37,38);2-6H,1H3. The van der Waals surface area contributed by atoms with Crippen LogP contribution in [0.25, 0.3) is 27.5 Å². The van der Waals surface area contributed by atoms with Crippen LogP contribution in [0.3, 0.4) is 0 Å². The number of aryl methyl sites for hydroxylation is 3. The number of benzene rings is 5. The molecule has 0 spiro atoms. The summed E-state index contributed by atoms with van der Waals surface area (Å²) in [6.45, 7) is 16.1. The van der Waals surface area contributed by atoms with Crippen LogP contribution in [0.4, 0.5) is 0 Å². The lowest BCUT2D eigenvalue weighted by Crippen LogP contribution is -2.34. The molecular formula is C42H40N4. The summed E-state index contributed by atoms with van der Waals surface area (Å²) in [7, 11) is 0. The molecule has 4 heterocycles. The zero-order chi connectivity index (χ0) is 32.0. The molecule has 3 aliphatic rings. The number of aliphatic imine (C=N–C) groups is 2. The minimum atomic E-state index is -0.295. The van der Waals surface area contributed by atoms with Crippen molar-refractivity contribution in [1.82, 2.24) is 9.88 Å². The number of nitrogens with one attached hydrogen (secondary N) is 1. The smallest absolute Gasteiger partial charge is 0.169 e.